The molecule has 124 valence electrons. The lowest BCUT2D eigenvalue weighted by atomic mass is 10.1. The zero-order valence-electron chi connectivity index (χ0n) is 12.7. The summed E-state index contributed by atoms with van der Waals surface area (Å²) in [4.78, 5) is 18.6. The number of aliphatic hydroxyl groups is 3. The van der Waals surface area contributed by atoms with Gasteiger partial charge in [0.15, 0.2) is 5.65 Å². The maximum atomic E-state index is 10.2. The molecule has 3 rings (SSSR count). The van der Waals surface area contributed by atoms with Crippen LogP contribution in [0.4, 0.5) is 5.95 Å². The van der Waals surface area contributed by atoms with Gasteiger partial charge in [-0.05, 0) is 0 Å². The van der Waals surface area contributed by atoms with Crippen LogP contribution in [0, 0.1) is 0 Å². The molecule has 0 unspecified atom stereocenters. The largest absolute Gasteiger partial charge is 0.395 e. The second-order valence-corrected chi connectivity index (χ2v) is 6.83. The Morgan fingerprint density at radius 2 is 2.13 bits per heavy atom. The highest BCUT2D eigenvalue weighted by Crippen LogP contribution is 2.42. The lowest BCUT2D eigenvalue weighted by Crippen LogP contribution is -2.32. The smallest absolute Gasteiger partial charge is 0.252 e. The summed E-state index contributed by atoms with van der Waals surface area (Å²) in [5.41, 5.74) is 1.09. The first kappa shape index (κ1) is 16.1. The Morgan fingerprint density at radius 1 is 1.35 bits per heavy atom. The molecule has 0 bridgehead atoms. The number of aliphatic hydroxyl groups excluding tert-OH is 3. The Hall–Kier alpha value is -1.75. The predicted molar refractivity (Wildman–Crippen MR) is 86.7 cm³/mol. The van der Waals surface area contributed by atoms with Crippen LogP contribution >= 0.6 is 11.8 Å². The van der Waals surface area contributed by atoms with Gasteiger partial charge in [0, 0.05) is 14.1 Å². The van der Waals surface area contributed by atoms with Crippen LogP contribution in [-0.4, -0.2) is 84.2 Å². The van der Waals surface area contributed by atoms with Gasteiger partial charge in [-0.2, -0.15) is 4.98 Å². The van der Waals surface area contributed by atoms with Crippen LogP contribution in [0.1, 0.15) is 5.37 Å². The minimum Gasteiger partial charge on any atom is -0.395 e. The number of hydrogen-bond acceptors (Lipinski definition) is 8. The quantitative estimate of drug-likeness (QED) is 0.498. The molecule has 2 aromatic heterocycles. The van der Waals surface area contributed by atoms with Gasteiger partial charge in [0.2, 0.25) is 0 Å². The summed E-state index contributed by atoms with van der Waals surface area (Å²) in [5, 5.41) is 28.6. The number of rotatable bonds is 4. The number of fused-ring (bicyclic) bond motifs is 1. The summed E-state index contributed by atoms with van der Waals surface area (Å²) in [7, 11) is 3.68. The fourth-order valence-corrected chi connectivity index (χ4v) is 3.72. The molecule has 0 saturated carbocycles. The van der Waals surface area contributed by atoms with E-state index in [4.69, 9.17) is 0 Å². The van der Waals surface area contributed by atoms with E-state index in [1.165, 1.54) is 11.8 Å². The highest BCUT2D eigenvalue weighted by molar-refractivity contribution is 8.00. The molecule has 1 aliphatic heterocycles. The van der Waals surface area contributed by atoms with E-state index in [1.807, 2.05) is 14.1 Å². The van der Waals surface area contributed by atoms with Gasteiger partial charge in [-0.3, -0.25) is 4.57 Å². The van der Waals surface area contributed by atoms with E-state index >= 15 is 0 Å². The van der Waals surface area contributed by atoms with Crippen molar-refractivity contribution in [3.05, 3.63) is 12.5 Å². The minimum absolute atomic E-state index is 0.209. The fourth-order valence-electron chi connectivity index (χ4n) is 2.34. The second-order valence-electron chi connectivity index (χ2n) is 5.47. The molecule has 0 aromatic carbocycles. The molecular formula is C13H18N6O3S. The zero-order valence-corrected chi connectivity index (χ0v) is 13.5. The van der Waals surface area contributed by atoms with Crippen molar-refractivity contribution in [2.45, 2.75) is 22.8 Å². The molecule has 0 radical (unpaired) electrons. The van der Waals surface area contributed by atoms with Gasteiger partial charge in [-0.15, -0.1) is 11.8 Å². The number of aliphatic imine (C=N–C) groups is 1. The molecule has 1 fully saturated rings. The first-order valence-corrected chi connectivity index (χ1v) is 7.98. The molecule has 0 spiro atoms. The number of hydrogen-bond donors (Lipinski definition) is 3. The SMILES string of the molecule is CN(C)/C=N/c1ncc2ncn([C@@H]3S[C@H](CO)[C@@H](O)[C@H]3O)c2n1. The van der Waals surface area contributed by atoms with Gasteiger partial charge < -0.3 is 20.2 Å². The fraction of sp³-hybridized carbons (Fsp3) is 0.538. The van der Waals surface area contributed by atoms with Gasteiger partial charge in [0.1, 0.15) is 17.0 Å². The average Bonchev–Trinajstić information content (AvgIpc) is 3.07. The Kier molecular flexibility index (Phi) is 4.48. The van der Waals surface area contributed by atoms with Crippen LogP contribution in [0.25, 0.3) is 11.2 Å². The number of aromatic nitrogens is 4. The van der Waals surface area contributed by atoms with Gasteiger partial charge in [0.05, 0.1) is 36.8 Å². The van der Waals surface area contributed by atoms with Crippen molar-refractivity contribution >= 4 is 35.2 Å². The average molecular weight is 338 g/mol. The van der Waals surface area contributed by atoms with Crippen LogP contribution in [0.15, 0.2) is 17.5 Å². The van der Waals surface area contributed by atoms with Crippen molar-refractivity contribution in [1.82, 2.24) is 24.4 Å². The van der Waals surface area contributed by atoms with Gasteiger partial charge >= 0.3 is 0 Å². The van der Waals surface area contributed by atoms with E-state index < -0.39 is 22.8 Å². The van der Waals surface area contributed by atoms with E-state index in [0.29, 0.717) is 11.2 Å². The van der Waals surface area contributed by atoms with Gasteiger partial charge in [0.25, 0.3) is 5.95 Å². The normalized spacial score (nSPS) is 28.0. The van der Waals surface area contributed by atoms with E-state index in [1.54, 1.807) is 28.3 Å². The van der Waals surface area contributed by atoms with E-state index in [9.17, 15) is 15.3 Å². The third-order valence-electron chi connectivity index (χ3n) is 3.50. The third-order valence-corrected chi connectivity index (χ3v) is 5.06. The van der Waals surface area contributed by atoms with Gasteiger partial charge in [-0.1, -0.05) is 0 Å². The summed E-state index contributed by atoms with van der Waals surface area (Å²) >= 11 is 1.29. The molecule has 3 N–H and O–H groups in total. The second kappa shape index (κ2) is 6.40. The number of thioether (sulfide) groups is 1. The molecule has 1 saturated heterocycles. The van der Waals surface area contributed by atoms with Crippen molar-refractivity contribution in [3.8, 4) is 0 Å². The molecule has 4 atom stereocenters. The van der Waals surface area contributed by atoms with Crippen LogP contribution in [-0.2, 0) is 0 Å². The molecule has 1 aliphatic rings. The molecule has 2 aromatic rings. The Bertz CT molecular complexity index is 721. The van der Waals surface area contributed by atoms with Crippen molar-refractivity contribution in [2.24, 2.45) is 4.99 Å². The van der Waals surface area contributed by atoms with E-state index in [0.717, 1.165) is 0 Å². The third kappa shape index (κ3) is 3.02. The summed E-state index contributed by atoms with van der Waals surface area (Å²) in [5.74, 6) is 0.282. The zero-order chi connectivity index (χ0) is 16.6. The van der Waals surface area contributed by atoms with Crippen molar-refractivity contribution in [3.63, 3.8) is 0 Å². The maximum Gasteiger partial charge on any atom is 0.252 e. The van der Waals surface area contributed by atoms with Crippen molar-refractivity contribution in [1.29, 1.82) is 0 Å². The van der Waals surface area contributed by atoms with Crippen molar-refractivity contribution in [2.75, 3.05) is 20.7 Å². The molecule has 0 amide bonds. The van der Waals surface area contributed by atoms with Crippen molar-refractivity contribution < 1.29 is 15.3 Å². The van der Waals surface area contributed by atoms with Gasteiger partial charge in [-0.25, -0.2) is 15.0 Å². The number of nitrogens with zero attached hydrogens (tertiary/aromatic N) is 6. The topological polar surface area (TPSA) is 120 Å². The minimum atomic E-state index is -1.02. The Labute approximate surface area is 136 Å². The highest BCUT2D eigenvalue weighted by atomic mass is 32.2. The summed E-state index contributed by atoms with van der Waals surface area (Å²) in [6.07, 6.45) is 2.69. The van der Waals surface area contributed by atoms with Crippen LogP contribution in [0.5, 0.6) is 0 Å². The summed E-state index contributed by atoms with van der Waals surface area (Å²) in [6, 6.07) is 0. The monoisotopic (exact) mass is 338 g/mol. The van der Waals surface area contributed by atoms with Crippen LogP contribution in [0.2, 0.25) is 0 Å². The predicted octanol–water partition coefficient (Wildman–Crippen LogP) is -0.624. The molecule has 10 heteroatoms. The first-order chi connectivity index (χ1) is 11.0. The summed E-state index contributed by atoms with van der Waals surface area (Å²) < 4.78 is 1.68. The Balaban J connectivity index is 1.97. The lowest BCUT2D eigenvalue weighted by Gasteiger charge is -2.16. The standard InChI is InChI=1S/C13H18N6O3S/c1-18(2)5-16-13-14-3-7-11(17-13)19(6-15-7)12-10(22)9(21)8(4-20)23-12/h3,5-6,8-10,12,20-22H,4H2,1-2H3/b16-5+/t8-,9-,10-,12-/m1/s1. The highest BCUT2D eigenvalue weighted by Gasteiger charge is 2.43. The van der Waals surface area contributed by atoms with E-state index in [-0.39, 0.29) is 12.6 Å². The summed E-state index contributed by atoms with van der Waals surface area (Å²) in [6.45, 7) is -0.209. The molecule has 23 heavy (non-hydrogen) atoms. The number of imidazole rings is 1. The Morgan fingerprint density at radius 3 is 2.78 bits per heavy atom. The molecule has 9 nitrogen and oxygen atoms in total. The molecule has 3 heterocycles. The van der Waals surface area contributed by atoms with E-state index in [2.05, 4.69) is 19.9 Å². The van der Waals surface area contributed by atoms with Crippen LogP contribution in [0.3, 0.4) is 0 Å². The molecular weight excluding hydrogens is 320 g/mol. The first-order valence-electron chi connectivity index (χ1n) is 7.04. The molecule has 0 aliphatic carbocycles. The maximum absolute atomic E-state index is 10.2. The lowest BCUT2D eigenvalue weighted by molar-refractivity contribution is 0.0113. The van der Waals surface area contributed by atoms with Crippen LogP contribution < -0.4 is 0 Å².